The Kier molecular flexibility index (Phi) is 5.21. The number of tetrazole rings is 1. The fourth-order valence-corrected chi connectivity index (χ4v) is 5.57. The minimum atomic E-state index is -0.492. The molecule has 3 fully saturated rings. The molecule has 2 saturated heterocycles. The first-order valence-electron chi connectivity index (χ1n) is 12.0. The van der Waals surface area contributed by atoms with Gasteiger partial charge in [-0.3, -0.25) is 9.69 Å². The molecule has 1 amide bonds. The van der Waals surface area contributed by atoms with E-state index in [1.54, 1.807) is 7.11 Å². The van der Waals surface area contributed by atoms with Crippen LogP contribution in [0.2, 0.25) is 0 Å². The zero-order chi connectivity index (χ0) is 23.1. The van der Waals surface area contributed by atoms with Crippen LogP contribution in [0.5, 0.6) is 5.75 Å². The summed E-state index contributed by atoms with van der Waals surface area (Å²) in [6.07, 6.45) is 3.92. The summed E-state index contributed by atoms with van der Waals surface area (Å²) in [5.41, 5.74) is 1.52. The third kappa shape index (κ3) is 3.51. The van der Waals surface area contributed by atoms with Gasteiger partial charge in [0.15, 0.2) is 5.82 Å². The fourth-order valence-electron chi connectivity index (χ4n) is 5.57. The predicted molar refractivity (Wildman–Crippen MR) is 127 cm³/mol. The Hall–Kier alpha value is -3.46. The van der Waals surface area contributed by atoms with Crippen LogP contribution in [0.25, 0.3) is 5.69 Å². The molecule has 1 aliphatic carbocycles. The normalized spacial score (nSPS) is 21.0. The lowest BCUT2D eigenvalue weighted by Gasteiger charge is -2.45. The van der Waals surface area contributed by atoms with Crippen LogP contribution in [0, 0.1) is 5.92 Å². The zero-order valence-electron chi connectivity index (χ0n) is 19.3. The van der Waals surface area contributed by atoms with Gasteiger partial charge in [0.2, 0.25) is 5.91 Å². The highest BCUT2D eigenvalue weighted by molar-refractivity contribution is 5.93. The average Bonchev–Trinajstić information content (AvgIpc) is 3.52. The second-order valence-corrected chi connectivity index (χ2v) is 9.42. The molecule has 9 nitrogen and oxygen atoms in total. The number of para-hydroxylation sites is 1. The Bertz CT molecular complexity index is 1150. The van der Waals surface area contributed by atoms with Crippen LogP contribution < -0.4 is 15.0 Å². The minimum absolute atomic E-state index is 0.141. The number of piperidine rings is 1. The summed E-state index contributed by atoms with van der Waals surface area (Å²) < 4.78 is 7.15. The topological polar surface area (TPSA) is 88.4 Å². The molecule has 1 unspecified atom stereocenters. The van der Waals surface area contributed by atoms with Gasteiger partial charge in [-0.15, -0.1) is 5.10 Å². The summed E-state index contributed by atoms with van der Waals surface area (Å²) in [6, 6.07) is 18.2. The summed E-state index contributed by atoms with van der Waals surface area (Å²) in [6.45, 7) is 2.21. The van der Waals surface area contributed by atoms with Crippen molar-refractivity contribution in [1.82, 2.24) is 30.4 Å². The van der Waals surface area contributed by atoms with Gasteiger partial charge >= 0.3 is 0 Å². The smallest absolute Gasteiger partial charge is 0.247 e. The molecule has 0 radical (unpaired) electrons. The molecule has 34 heavy (non-hydrogen) atoms. The fraction of sp³-hybridized carbons (Fsp3) is 0.440. The lowest BCUT2D eigenvalue weighted by atomic mass is 9.84. The van der Waals surface area contributed by atoms with E-state index in [1.165, 1.54) is 12.8 Å². The Morgan fingerprint density at radius 2 is 1.76 bits per heavy atom. The Morgan fingerprint density at radius 1 is 1.03 bits per heavy atom. The van der Waals surface area contributed by atoms with Crippen LogP contribution in [0.15, 0.2) is 54.6 Å². The quantitative estimate of drug-likeness (QED) is 0.606. The highest BCUT2D eigenvalue weighted by Gasteiger charge is 2.52. The third-order valence-corrected chi connectivity index (χ3v) is 7.57. The molecule has 3 heterocycles. The highest BCUT2D eigenvalue weighted by atomic mass is 16.5. The van der Waals surface area contributed by atoms with E-state index in [9.17, 15) is 4.79 Å². The summed E-state index contributed by atoms with van der Waals surface area (Å²) >= 11 is 0. The van der Waals surface area contributed by atoms with E-state index in [0.29, 0.717) is 12.6 Å². The number of carbonyl (C=O) groups excluding carboxylic acids is 1. The Morgan fingerprint density at radius 3 is 2.44 bits per heavy atom. The number of hydrogen-bond acceptors (Lipinski definition) is 7. The first-order valence-corrected chi connectivity index (χ1v) is 12.0. The standard InChI is InChI=1S/C25H29N7O2/c1-34-21-11-9-20(10-12-21)32-23(27-28-29-32)22(18-7-8-18)30-15-13-25(14-16-30)24(33)26-17-31(25)19-5-3-2-4-6-19/h2-6,9-12,18,22H,7-8,13-17H2,1H3,(H,26,33). The zero-order valence-corrected chi connectivity index (χ0v) is 19.3. The molecule has 1 N–H and O–H groups in total. The summed E-state index contributed by atoms with van der Waals surface area (Å²) in [5, 5.41) is 15.9. The van der Waals surface area contributed by atoms with E-state index in [-0.39, 0.29) is 11.9 Å². The molecule has 2 aromatic carbocycles. The van der Waals surface area contributed by atoms with Crippen LogP contribution in [0.3, 0.4) is 0 Å². The van der Waals surface area contributed by atoms with Gasteiger partial charge in [-0.2, -0.15) is 4.68 Å². The first-order chi connectivity index (χ1) is 16.7. The van der Waals surface area contributed by atoms with Crippen molar-refractivity contribution in [3.63, 3.8) is 0 Å². The number of amides is 1. The van der Waals surface area contributed by atoms with Crippen LogP contribution in [-0.4, -0.2) is 63.4 Å². The maximum atomic E-state index is 13.1. The van der Waals surface area contributed by atoms with Gasteiger partial charge in [-0.05, 0) is 78.4 Å². The minimum Gasteiger partial charge on any atom is -0.497 e. The Labute approximate surface area is 198 Å². The number of ether oxygens (including phenoxy) is 1. The number of aromatic nitrogens is 4. The van der Waals surface area contributed by atoms with Crippen molar-refractivity contribution in [2.75, 3.05) is 31.8 Å². The van der Waals surface area contributed by atoms with Crippen molar-refractivity contribution < 1.29 is 9.53 Å². The molecular formula is C25H29N7O2. The largest absolute Gasteiger partial charge is 0.497 e. The van der Waals surface area contributed by atoms with Gasteiger partial charge in [0.25, 0.3) is 0 Å². The van der Waals surface area contributed by atoms with Crippen molar-refractivity contribution in [3.05, 3.63) is 60.4 Å². The highest BCUT2D eigenvalue weighted by Crippen LogP contribution is 2.47. The van der Waals surface area contributed by atoms with Crippen molar-refractivity contribution >= 4 is 11.6 Å². The van der Waals surface area contributed by atoms with Gasteiger partial charge in [0.05, 0.1) is 25.5 Å². The molecule has 1 atom stereocenters. The van der Waals surface area contributed by atoms with E-state index in [0.717, 1.165) is 48.9 Å². The van der Waals surface area contributed by atoms with Gasteiger partial charge in [-0.1, -0.05) is 18.2 Å². The lowest BCUT2D eigenvalue weighted by molar-refractivity contribution is -0.125. The number of likely N-dealkylation sites (tertiary alicyclic amines) is 1. The summed E-state index contributed by atoms with van der Waals surface area (Å²) in [7, 11) is 1.66. The molecule has 3 aliphatic rings. The van der Waals surface area contributed by atoms with E-state index in [1.807, 2.05) is 47.1 Å². The molecule has 1 aromatic heterocycles. The molecule has 1 spiro atoms. The monoisotopic (exact) mass is 459 g/mol. The molecule has 3 aromatic rings. The van der Waals surface area contributed by atoms with Gasteiger partial charge < -0.3 is 15.0 Å². The maximum Gasteiger partial charge on any atom is 0.247 e. The number of benzene rings is 2. The van der Waals surface area contributed by atoms with E-state index >= 15 is 0 Å². The van der Waals surface area contributed by atoms with Crippen molar-refractivity contribution in [3.8, 4) is 11.4 Å². The maximum absolute atomic E-state index is 13.1. The third-order valence-electron chi connectivity index (χ3n) is 7.57. The van der Waals surface area contributed by atoms with E-state index < -0.39 is 5.54 Å². The molecule has 9 heteroatoms. The summed E-state index contributed by atoms with van der Waals surface area (Å²) in [5.74, 6) is 2.36. The summed E-state index contributed by atoms with van der Waals surface area (Å²) in [4.78, 5) is 17.8. The second-order valence-electron chi connectivity index (χ2n) is 9.42. The van der Waals surface area contributed by atoms with Crippen molar-refractivity contribution in [2.45, 2.75) is 37.3 Å². The van der Waals surface area contributed by atoms with Gasteiger partial charge in [0.1, 0.15) is 11.3 Å². The lowest BCUT2D eigenvalue weighted by Crippen LogP contribution is -2.57. The number of rotatable bonds is 6. The van der Waals surface area contributed by atoms with Crippen molar-refractivity contribution in [2.24, 2.45) is 5.92 Å². The molecule has 1 saturated carbocycles. The average molecular weight is 460 g/mol. The van der Waals surface area contributed by atoms with Gasteiger partial charge in [0, 0.05) is 18.8 Å². The molecule has 176 valence electrons. The van der Waals surface area contributed by atoms with Crippen LogP contribution in [0.4, 0.5) is 5.69 Å². The predicted octanol–water partition coefficient (Wildman–Crippen LogP) is 2.55. The SMILES string of the molecule is COc1ccc(-n2nnnc2C(C2CC2)N2CCC3(CC2)C(=O)NCN3c2ccccc2)cc1. The second kappa shape index (κ2) is 8.39. The molecule has 0 bridgehead atoms. The number of nitrogens with zero attached hydrogens (tertiary/aromatic N) is 6. The number of hydrogen-bond donors (Lipinski definition) is 1. The first kappa shape index (κ1) is 21.1. The van der Waals surface area contributed by atoms with E-state index in [4.69, 9.17) is 4.74 Å². The molecule has 2 aliphatic heterocycles. The van der Waals surface area contributed by atoms with Gasteiger partial charge in [-0.25, -0.2) is 0 Å². The van der Waals surface area contributed by atoms with Crippen LogP contribution >= 0.6 is 0 Å². The number of anilines is 1. The van der Waals surface area contributed by atoms with Crippen LogP contribution in [0.1, 0.15) is 37.5 Å². The number of nitrogens with one attached hydrogen (secondary N) is 1. The van der Waals surface area contributed by atoms with E-state index in [2.05, 4.69) is 42.8 Å². The molecular weight excluding hydrogens is 430 g/mol. The number of methoxy groups -OCH3 is 1. The number of carbonyl (C=O) groups is 1. The van der Waals surface area contributed by atoms with Crippen molar-refractivity contribution in [1.29, 1.82) is 0 Å². The molecule has 6 rings (SSSR count). The Balaban J connectivity index is 1.25. The van der Waals surface area contributed by atoms with Crippen LogP contribution in [-0.2, 0) is 4.79 Å².